The summed E-state index contributed by atoms with van der Waals surface area (Å²) >= 11 is 0. The summed E-state index contributed by atoms with van der Waals surface area (Å²) in [5.74, 6) is 6.30. The zero-order valence-corrected chi connectivity index (χ0v) is 23.6. The maximum atomic E-state index is 14.5. The molecule has 0 atom stereocenters. The lowest BCUT2D eigenvalue weighted by Crippen LogP contribution is -2.00. The van der Waals surface area contributed by atoms with Crippen LogP contribution in [0.25, 0.3) is 21.9 Å². The molecule has 5 aromatic rings. The highest BCUT2D eigenvalue weighted by Gasteiger charge is 2.08. The molecule has 0 saturated heterocycles. The molecule has 0 unspecified atom stereocenters. The first-order valence-electron chi connectivity index (χ1n) is 14.1. The molecule has 0 aliphatic heterocycles. The third-order valence-corrected chi connectivity index (χ3v) is 7.33. The summed E-state index contributed by atoms with van der Waals surface area (Å²) in [7, 11) is 0. The van der Waals surface area contributed by atoms with Gasteiger partial charge in [-0.15, -0.1) is 0 Å². The Hall–Kier alpha value is -4.35. The summed E-state index contributed by atoms with van der Waals surface area (Å²) < 4.78 is 20.1. The molecule has 5 aromatic carbocycles. The van der Waals surface area contributed by atoms with E-state index in [4.69, 9.17) is 4.74 Å². The van der Waals surface area contributed by atoms with Gasteiger partial charge in [0.25, 0.3) is 0 Å². The third kappa shape index (κ3) is 6.80. The third-order valence-electron chi connectivity index (χ3n) is 7.33. The van der Waals surface area contributed by atoms with Crippen LogP contribution in [0.15, 0.2) is 97.1 Å². The summed E-state index contributed by atoms with van der Waals surface area (Å²) in [6.07, 6.45) is 4.01. The molecule has 0 fully saturated rings. The van der Waals surface area contributed by atoms with Crippen LogP contribution in [0.2, 0.25) is 0 Å². The van der Waals surface area contributed by atoms with Crippen LogP contribution in [0.5, 0.6) is 5.75 Å². The molecule has 1 nitrogen and oxygen atoms in total. The summed E-state index contributed by atoms with van der Waals surface area (Å²) in [4.78, 5) is 0. The van der Waals surface area contributed by atoms with E-state index in [-0.39, 0.29) is 5.82 Å². The molecular weight excluding hydrogens is 491 g/mol. The second-order valence-electron chi connectivity index (χ2n) is 10.5. The van der Waals surface area contributed by atoms with Gasteiger partial charge >= 0.3 is 0 Å². The molecule has 0 amide bonds. The van der Waals surface area contributed by atoms with Crippen molar-refractivity contribution < 1.29 is 9.13 Å². The molecule has 0 radical (unpaired) electrons. The highest BCUT2D eigenvalue weighted by molar-refractivity contribution is 5.88. The summed E-state index contributed by atoms with van der Waals surface area (Å²) in [5.41, 5.74) is 8.93. The van der Waals surface area contributed by atoms with Gasteiger partial charge in [0.2, 0.25) is 0 Å². The molecule has 0 heterocycles. The van der Waals surface area contributed by atoms with E-state index in [1.54, 1.807) is 6.07 Å². The average molecular weight is 527 g/mol. The highest BCUT2D eigenvalue weighted by Crippen LogP contribution is 2.26. The predicted octanol–water partition coefficient (Wildman–Crippen LogP) is 9.63. The largest absolute Gasteiger partial charge is 0.491 e. The molecular formula is C38H35FO. The first-order valence-corrected chi connectivity index (χ1v) is 14.1. The smallest absolute Gasteiger partial charge is 0.166 e. The fraction of sp³-hybridized carbons (Fsp3) is 0.211. The molecule has 0 aromatic heterocycles. The van der Waals surface area contributed by atoms with Crippen LogP contribution in [-0.2, 0) is 12.8 Å². The van der Waals surface area contributed by atoms with E-state index < -0.39 is 0 Å². The number of halogens is 1. The van der Waals surface area contributed by atoms with Crippen molar-refractivity contribution in [3.63, 3.8) is 0 Å². The molecule has 0 N–H and O–H groups in total. The second-order valence-corrected chi connectivity index (χ2v) is 10.5. The lowest BCUT2D eigenvalue weighted by atomic mass is 9.97. The Labute approximate surface area is 237 Å². The maximum absolute atomic E-state index is 14.5. The Kier molecular flexibility index (Phi) is 8.62. The van der Waals surface area contributed by atoms with Crippen LogP contribution in [0.3, 0.4) is 0 Å². The van der Waals surface area contributed by atoms with E-state index in [0.717, 1.165) is 42.2 Å². The van der Waals surface area contributed by atoms with E-state index in [1.165, 1.54) is 39.3 Å². The Morgan fingerprint density at radius 1 is 0.675 bits per heavy atom. The fourth-order valence-electron chi connectivity index (χ4n) is 4.78. The van der Waals surface area contributed by atoms with E-state index in [0.29, 0.717) is 17.9 Å². The van der Waals surface area contributed by atoms with Gasteiger partial charge in [0.15, 0.2) is 11.6 Å². The standard InChI is InChI=1S/C38H35FO/c1-4-5-22-40-38-23-28(3)33(26-37(38)39)18-14-31-15-19-36-25-35(21-20-34(36)24-31)32-16-12-30(13-17-32)11-10-29-8-6-27(2)7-9-29/h6-9,12-13,15-17,19-21,23-26H,4-5,10-11,22H2,1-3H3. The zero-order chi connectivity index (χ0) is 27.9. The lowest BCUT2D eigenvalue weighted by Gasteiger charge is -2.09. The summed E-state index contributed by atoms with van der Waals surface area (Å²) in [6, 6.07) is 33.7. The average Bonchev–Trinajstić information content (AvgIpc) is 2.98. The maximum Gasteiger partial charge on any atom is 0.166 e. The quantitative estimate of drug-likeness (QED) is 0.144. The second kappa shape index (κ2) is 12.7. The van der Waals surface area contributed by atoms with Gasteiger partial charge in [-0.1, -0.05) is 97.5 Å². The number of benzene rings is 5. The molecule has 0 spiro atoms. The van der Waals surface area contributed by atoms with Crippen molar-refractivity contribution >= 4 is 10.8 Å². The van der Waals surface area contributed by atoms with E-state index >= 15 is 0 Å². The van der Waals surface area contributed by atoms with Gasteiger partial charge in [-0.2, -0.15) is 0 Å². The van der Waals surface area contributed by atoms with Crippen molar-refractivity contribution in [3.8, 4) is 28.7 Å². The zero-order valence-electron chi connectivity index (χ0n) is 23.6. The Morgan fingerprint density at radius 2 is 1.32 bits per heavy atom. The minimum atomic E-state index is -0.364. The fourth-order valence-corrected chi connectivity index (χ4v) is 4.78. The van der Waals surface area contributed by atoms with E-state index in [2.05, 4.69) is 105 Å². The van der Waals surface area contributed by atoms with Crippen molar-refractivity contribution in [3.05, 3.63) is 136 Å². The topological polar surface area (TPSA) is 9.23 Å². The normalized spacial score (nSPS) is 10.8. The SMILES string of the molecule is CCCCOc1cc(C)c(C#Cc2ccc3cc(-c4ccc(CCc5ccc(C)cc5)cc4)ccc3c2)cc1F. The summed E-state index contributed by atoms with van der Waals surface area (Å²) in [6.45, 7) is 6.67. The molecule has 0 aliphatic carbocycles. The monoisotopic (exact) mass is 526 g/mol. The number of hydrogen-bond donors (Lipinski definition) is 0. The predicted molar refractivity (Wildman–Crippen MR) is 165 cm³/mol. The highest BCUT2D eigenvalue weighted by atomic mass is 19.1. The van der Waals surface area contributed by atoms with Gasteiger partial charge in [-0.05, 0) is 102 Å². The molecule has 0 saturated carbocycles. The van der Waals surface area contributed by atoms with Crippen LogP contribution in [0.4, 0.5) is 4.39 Å². The van der Waals surface area contributed by atoms with Crippen molar-refractivity contribution in [1.29, 1.82) is 0 Å². The number of ether oxygens (including phenoxy) is 1. The minimum absolute atomic E-state index is 0.301. The van der Waals surface area contributed by atoms with Gasteiger partial charge in [0, 0.05) is 11.1 Å². The number of aryl methyl sites for hydroxylation is 4. The van der Waals surface area contributed by atoms with Crippen molar-refractivity contribution in [2.24, 2.45) is 0 Å². The van der Waals surface area contributed by atoms with Crippen molar-refractivity contribution in [1.82, 2.24) is 0 Å². The number of unbranched alkanes of at least 4 members (excludes halogenated alkanes) is 1. The number of rotatable bonds is 8. The van der Waals surface area contributed by atoms with Crippen LogP contribution < -0.4 is 4.74 Å². The minimum Gasteiger partial charge on any atom is -0.491 e. The van der Waals surface area contributed by atoms with E-state index in [1.807, 2.05) is 13.0 Å². The van der Waals surface area contributed by atoms with Crippen LogP contribution in [-0.4, -0.2) is 6.61 Å². The molecule has 200 valence electrons. The van der Waals surface area contributed by atoms with Gasteiger partial charge in [0.1, 0.15) is 0 Å². The number of hydrogen-bond acceptors (Lipinski definition) is 1. The van der Waals surface area contributed by atoms with Crippen LogP contribution in [0, 0.1) is 31.5 Å². The first-order chi connectivity index (χ1) is 19.5. The molecule has 0 aliphatic rings. The molecule has 40 heavy (non-hydrogen) atoms. The Balaban J connectivity index is 1.27. The number of fused-ring (bicyclic) bond motifs is 1. The molecule has 0 bridgehead atoms. The molecule has 5 rings (SSSR count). The van der Waals surface area contributed by atoms with Crippen LogP contribution >= 0.6 is 0 Å². The van der Waals surface area contributed by atoms with Gasteiger partial charge in [-0.3, -0.25) is 0 Å². The lowest BCUT2D eigenvalue weighted by molar-refractivity contribution is 0.294. The van der Waals surface area contributed by atoms with Gasteiger partial charge in [-0.25, -0.2) is 4.39 Å². The van der Waals surface area contributed by atoms with Crippen molar-refractivity contribution in [2.75, 3.05) is 6.61 Å². The molecule has 2 heteroatoms. The van der Waals surface area contributed by atoms with Gasteiger partial charge < -0.3 is 4.74 Å². The van der Waals surface area contributed by atoms with E-state index in [9.17, 15) is 4.39 Å². The van der Waals surface area contributed by atoms with Crippen LogP contribution in [0.1, 0.15) is 53.1 Å². The Morgan fingerprint density at radius 3 is 2.05 bits per heavy atom. The Bertz CT molecular complexity index is 1670. The summed E-state index contributed by atoms with van der Waals surface area (Å²) in [5, 5.41) is 2.30. The first kappa shape index (κ1) is 27.2. The van der Waals surface area contributed by atoms with Crippen molar-refractivity contribution in [2.45, 2.75) is 46.5 Å². The van der Waals surface area contributed by atoms with Gasteiger partial charge in [0.05, 0.1) is 6.61 Å².